The van der Waals surface area contributed by atoms with Gasteiger partial charge in [0.05, 0.1) is 54.4 Å². The molecule has 0 fully saturated rings. The van der Waals surface area contributed by atoms with Crippen LogP contribution < -0.4 is 0 Å². The van der Waals surface area contributed by atoms with Crippen LogP contribution in [-0.4, -0.2) is 63.3 Å². The van der Waals surface area contributed by atoms with Crippen LogP contribution >= 0.6 is 0 Å². The average Bonchev–Trinajstić information content (AvgIpc) is 2.74. The van der Waals surface area contributed by atoms with Gasteiger partial charge >= 0.3 is 0 Å². The summed E-state index contributed by atoms with van der Waals surface area (Å²) in [5.74, 6) is 0. The molecule has 0 saturated carbocycles. The number of hydrogen-bond acceptors (Lipinski definition) is 0. The highest BCUT2D eigenvalue weighted by Crippen LogP contribution is 2.14. The molecule has 0 aromatic rings. The lowest BCUT2D eigenvalue weighted by atomic mass is 10.1. The van der Waals surface area contributed by atoms with E-state index in [4.69, 9.17) is 0 Å². The van der Waals surface area contributed by atoms with Crippen molar-refractivity contribution in [3.8, 4) is 0 Å². The minimum atomic E-state index is 1.22. The molecule has 0 atom stereocenters. The Morgan fingerprint density at radius 1 is 0.281 bits per heavy atom. The molecule has 0 aromatic carbocycles. The largest absolute Gasteiger partial charge is 0.328 e. The molecule has 0 bridgehead atoms. The maximum atomic E-state index is 2.45. The molecule has 0 spiro atoms. The molecule has 0 aliphatic rings. The van der Waals surface area contributed by atoms with E-state index < -0.39 is 0 Å². The standard InChI is InChI=1S/C30H66N2/c1-7-9-11-13-15-17-19-21-23-27-31(3,4)29-25-26-30-32(5,6)28-24-22-20-18-16-14-12-10-8-2/h7-30H2,1-6H3/q+2. The third-order valence-electron chi connectivity index (χ3n) is 7.51. The van der Waals surface area contributed by atoms with Crippen LogP contribution in [0.25, 0.3) is 0 Å². The Morgan fingerprint density at radius 3 is 0.719 bits per heavy atom. The number of unbranched alkanes of at least 4 members (excludes halogenated alkanes) is 17. The van der Waals surface area contributed by atoms with E-state index in [1.807, 2.05) is 0 Å². The number of hydrogen-bond donors (Lipinski definition) is 0. The van der Waals surface area contributed by atoms with Crippen molar-refractivity contribution in [1.82, 2.24) is 0 Å². The van der Waals surface area contributed by atoms with Gasteiger partial charge in [0.15, 0.2) is 0 Å². The summed E-state index contributed by atoms with van der Waals surface area (Å²) in [6, 6.07) is 0. The molecule has 0 N–H and O–H groups in total. The van der Waals surface area contributed by atoms with Gasteiger partial charge in [-0.2, -0.15) is 0 Å². The molecule has 2 nitrogen and oxygen atoms in total. The first kappa shape index (κ1) is 31.9. The quantitative estimate of drug-likeness (QED) is 0.0953. The highest BCUT2D eigenvalue weighted by molar-refractivity contribution is 4.49. The van der Waals surface area contributed by atoms with Gasteiger partial charge in [-0.25, -0.2) is 0 Å². The normalized spacial score (nSPS) is 12.6. The maximum absolute atomic E-state index is 2.45. The van der Waals surface area contributed by atoms with Crippen LogP contribution in [0, 0.1) is 0 Å². The first-order valence-corrected chi connectivity index (χ1v) is 15.0. The van der Waals surface area contributed by atoms with Gasteiger partial charge in [-0.05, 0) is 25.7 Å². The predicted octanol–water partition coefficient (Wildman–Crippen LogP) is 8.98. The monoisotopic (exact) mass is 455 g/mol. The Hall–Kier alpha value is -0.0800. The third kappa shape index (κ3) is 23.1. The Morgan fingerprint density at radius 2 is 0.469 bits per heavy atom. The van der Waals surface area contributed by atoms with E-state index >= 15 is 0 Å². The summed E-state index contributed by atoms with van der Waals surface area (Å²) in [6.45, 7) is 10.1. The van der Waals surface area contributed by atoms with Crippen molar-refractivity contribution in [2.24, 2.45) is 0 Å². The molecular formula is C30H66N2+2. The van der Waals surface area contributed by atoms with Crippen LogP contribution in [0.3, 0.4) is 0 Å². The summed E-state index contributed by atoms with van der Waals surface area (Å²) in [7, 11) is 9.81. The molecule has 194 valence electrons. The van der Waals surface area contributed by atoms with Crippen LogP contribution in [0.5, 0.6) is 0 Å². The van der Waals surface area contributed by atoms with Gasteiger partial charge in [-0.1, -0.05) is 104 Å². The van der Waals surface area contributed by atoms with Crippen molar-refractivity contribution >= 4 is 0 Å². The van der Waals surface area contributed by atoms with E-state index in [1.54, 1.807) is 0 Å². The van der Waals surface area contributed by atoms with Crippen LogP contribution in [0.4, 0.5) is 0 Å². The molecule has 0 aliphatic carbocycles. The van der Waals surface area contributed by atoms with Crippen molar-refractivity contribution in [2.75, 3.05) is 54.4 Å². The second kappa shape index (κ2) is 21.5. The second-order valence-corrected chi connectivity index (χ2v) is 12.1. The van der Waals surface area contributed by atoms with E-state index in [0.29, 0.717) is 0 Å². The molecule has 0 rings (SSSR count). The first-order chi connectivity index (χ1) is 15.3. The van der Waals surface area contributed by atoms with Gasteiger partial charge in [0.2, 0.25) is 0 Å². The van der Waals surface area contributed by atoms with Crippen molar-refractivity contribution in [2.45, 2.75) is 142 Å². The number of quaternary nitrogens is 2. The van der Waals surface area contributed by atoms with Crippen LogP contribution in [0.15, 0.2) is 0 Å². The molecular weight excluding hydrogens is 388 g/mol. The van der Waals surface area contributed by atoms with Crippen molar-refractivity contribution in [3.05, 3.63) is 0 Å². The summed E-state index contributed by atoms with van der Waals surface area (Å²) in [6.07, 6.45) is 28.7. The summed E-state index contributed by atoms with van der Waals surface area (Å²) >= 11 is 0. The smallest absolute Gasteiger partial charge is 0.0784 e. The zero-order chi connectivity index (χ0) is 24.0. The molecule has 0 heterocycles. The lowest BCUT2D eigenvalue weighted by Crippen LogP contribution is -2.43. The van der Waals surface area contributed by atoms with Crippen LogP contribution in [0.1, 0.15) is 142 Å². The zero-order valence-electron chi connectivity index (χ0n) is 23.9. The summed E-state index contributed by atoms with van der Waals surface area (Å²) < 4.78 is 2.45. The fraction of sp³-hybridized carbons (Fsp3) is 1.00. The zero-order valence-corrected chi connectivity index (χ0v) is 23.9. The molecule has 0 radical (unpaired) electrons. The topological polar surface area (TPSA) is 0 Å². The molecule has 32 heavy (non-hydrogen) atoms. The van der Waals surface area contributed by atoms with E-state index in [2.05, 4.69) is 42.0 Å². The highest BCUT2D eigenvalue weighted by Gasteiger charge is 2.17. The van der Waals surface area contributed by atoms with E-state index in [1.165, 1.54) is 164 Å². The summed E-state index contributed by atoms with van der Waals surface area (Å²) in [5.41, 5.74) is 0. The molecule has 0 aliphatic heterocycles. The number of rotatable bonds is 25. The number of nitrogens with zero attached hydrogens (tertiary/aromatic N) is 2. The second-order valence-electron chi connectivity index (χ2n) is 12.1. The van der Waals surface area contributed by atoms with Crippen LogP contribution in [0.2, 0.25) is 0 Å². The Balaban J connectivity index is 3.60. The average molecular weight is 455 g/mol. The highest BCUT2D eigenvalue weighted by atomic mass is 15.3. The maximum Gasteiger partial charge on any atom is 0.0784 e. The van der Waals surface area contributed by atoms with Crippen molar-refractivity contribution in [3.63, 3.8) is 0 Å². The van der Waals surface area contributed by atoms with Crippen LogP contribution in [-0.2, 0) is 0 Å². The fourth-order valence-electron chi connectivity index (χ4n) is 5.00. The summed E-state index contributed by atoms with van der Waals surface area (Å²) in [4.78, 5) is 0. The van der Waals surface area contributed by atoms with Crippen molar-refractivity contribution < 1.29 is 8.97 Å². The lowest BCUT2D eigenvalue weighted by Gasteiger charge is -2.32. The molecule has 0 unspecified atom stereocenters. The Bertz CT molecular complexity index is 339. The minimum Gasteiger partial charge on any atom is -0.328 e. The fourth-order valence-corrected chi connectivity index (χ4v) is 5.00. The molecule has 0 saturated heterocycles. The van der Waals surface area contributed by atoms with Gasteiger partial charge in [-0.15, -0.1) is 0 Å². The van der Waals surface area contributed by atoms with E-state index in [9.17, 15) is 0 Å². The van der Waals surface area contributed by atoms with Gasteiger partial charge in [0, 0.05) is 12.8 Å². The lowest BCUT2D eigenvalue weighted by molar-refractivity contribution is -0.897. The Kier molecular flexibility index (Phi) is 21.4. The van der Waals surface area contributed by atoms with Gasteiger partial charge in [0.1, 0.15) is 0 Å². The first-order valence-electron chi connectivity index (χ1n) is 15.0. The molecule has 0 amide bonds. The SMILES string of the molecule is CCCCCCCCCCC[N+](C)(C)CCCC[N+](C)(C)CCCCCCCCCCC. The molecule has 0 aromatic heterocycles. The van der Waals surface area contributed by atoms with Gasteiger partial charge < -0.3 is 8.97 Å². The van der Waals surface area contributed by atoms with E-state index in [0.717, 1.165) is 0 Å². The molecule has 2 heteroatoms. The van der Waals surface area contributed by atoms with Gasteiger partial charge in [0.25, 0.3) is 0 Å². The van der Waals surface area contributed by atoms with Gasteiger partial charge in [-0.3, -0.25) is 0 Å². The van der Waals surface area contributed by atoms with E-state index in [-0.39, 0.29) is 0 Å². The Labute approximate surface area is 205 Å². The van der Waals surface area contributed by atoms with Crippen molar-refractivity contribution in [1.29, 1.82) is 0 Å². The third-order valence-corrected chi connectivity index (χ3v) is 7.51. The summed E-state index contributed by atoms with van der Waals surface area (Å²) in [5, 5.41) is 0. The minimum absolute atomic E-state index is 1.22. The predicted molar refractivity (Wildman–Crippen MR) is 147 cm³/mol.